The number of benzene rings is 1. The zero-order chi connectivity index (χ0) is 11.7. The van der Waals surface area contributed by atoms with Gasteiger partial charge in [0.1, 0.15) is 11.3 Å². The molecule has 86 valence electrons. The summed E-state index contributed by atoms with van der Waals surface area (Å²) in [6, 6.07) is 5.78. The monoisotopic (exact) mass is 237 g/mol. The largest absolute Gasteiger partial charge is 0.459 e. The van der Waals surface area contributed by atoms with Crippen molar-refractivity contribution in [2.24, 2.45) is 5.73 Å². The number of hydrogen-bond donors (Lipinski definition) is 1. The highest BCUT2D eigenvalue weighted by atomic mass is 35.5. The first kappa shape index (κ1) is 11.5. The van der Waals surface area contributed by atoms with Crippen LogP contribution >= 0.6 is 11.6 Å². The van der Waals surface area contributed by atoms with Crippen molar-refractivity contribution in [2.45, 2.75) is 32.7 Å². The first-order valence-corrected chi connectivity index (χ1v) is 5.95. The van der Waals surface area contributed by atoms with Crippen molar-refractivity contribution in [3.63, 3.8) is 0 Å². The lowest BCUT2D eigenvalue weighted by atomic mass is 10.1. The number of halogens is 1. The molecule has 0 aliphatic heterocycles. The van der Waals surface area contributed by atoms with E-state index >= 15 is 0 Å². The third-order valence-electron chi connectivity index (χ3n) is 2.81. The summed E-state index contributed by atoms with van der Waals surface area (Å²) in [5, 5.41) is 1.68. The molecule has 1 unspecified atom stereocenters. The molecular weight excluding hydrogens is 222 g/mol. The van der Waals surface area contributed by atoms with Gasteiger partial charge in [-0.15, -0.1) is 0 Å². The standard InChI is InChI=1S/C13H16ClNO/c1-3-4-11(15)12-7-9-10(14)6-5-8(2)13(9)16-12/h5-7,11H,3-4,15H2,1-2H3. The SMILES string of the molecule is CCCC(N)c1cc2c(Cl)ccc(C)c2o1. The van der Waals surface area contributed by atoms with E-state index in [0.717, 1.165) is 40.2 Å². The Balaban J connectivity index is 2.51. The van der Waals surface area contributed by atoms with Crippen molar-refractivity contribution in [3.8, 4) is 0 Å². The van der Waals surface area contributed by atoms with Crippen LogP contribution in [0.3, 0.4) is 0 Å². The molecule has 1 heterocycles. The maximum atomic E-state index is 6.12. The number of furan rings is 1. The third-order valence-corrected chi connectivity index (χ3v) is 3.14. The van der Waals surface area contributed by atoms with Crippen molar-refractivity contribution < 1.29 is 4.42 Å². The number of rotatable bonds is 3. The average molecular weight is 238 g/mol. The molecule has 0 aliphatic rings. The number of nitrogens with two attached hydrogens (primary N) is 1. The first-order chi connectivity index (χ1) is 7.63. The van der Waals surface area contributed by atoms with E-state index in [9.17, 15) is 0 Å². The molecular formula is C13H16ClNO. The molecule has 3 heteroatoms. The van der Waals surface area contributed by atoms with Crippen LogP contribution in [0.4, 0.5) is 0 Å². The highest BCUT2D eigenvalue weighted by Gasteiger charge is 2.14. The average Bonchev–Trinajstić information content (AvgIpc) is 2.70. The molecule has 0 bridgehead atoms. The molecule has 2 nitrogen and oxygen atoms in total. The quantitative estimate of drug-likeness (QED) is 0.869. The van der Waals surface area contributed by atoms with Gasteiger partial charge in [-0.05, 0) is 31.0 Å². The molecule has 0 spiro atoms. The summed E-state index contributed by atoms with van der Waals surface area (Å²) in [6.45, 7) is 4.12. The predicted molar refractivity (Wildman–Crippen MR) is 67.8 cm³/mol. The van der Waals surface area contributed by atoms with Crippen LogP contribution in [0.5, 0.6) is 0 Å². The van der Waals surface area contributed by atoms with Crippen LogP contribution in [-0.4, -0.2) is 0 Å². The summed E-state index contributed by atoms with van der Waals surface area (Å²) in [6.07, 6.45) is 1.97. The third kappa shape index (κ3) is 1.95. The van der Waals surface area contributed by atoms with E-state index in [1.807, 2.05) is 25.1 Å². The van der Waals surface area contributed by atoms with Crippen molar-refractivity contribution in [2.75, 3.05) is 0 Å². The highest BCUT2D eigenvalue weighted by Crippen LogP contribution is 2.32. The minimum Gasteiger partial charge on any atom is -0.459 e. The summed E-state index contributed by atoms with van der Waals surface area (Å²) in [5.41, 5.74) is 7.98. The summed E-state index contributed by atoms with van der Waals surface area (Å²) < 4.78 is 5.78. The van der Waals surface area contributed by atoms with Crippen LogP contribution < -0.4 is 5.73 Å². The van der Waals surface area contributed by atoms with E-state index in [4.69, 9.17) is 21.8 Å². The molecule has 0 fully saturated rings. The van der Waals surface area contributed by atoms with E-state index in [-0.39, 0.29) is 6.04 Å². The normalized spacial score (nSPS) is 13.2. The van der Waals surface area contributed by atoms with Gasteiger partial charge < -0.3 is 10.2 Å². The summed E-state index contributed by atoms with van der Waals surface area (Å²) in [5.74, 6) is 0.827. The van der Waals surface area contributed by atoms with Crippen molar-refractivity contribution in [3.05, 3.63) is 34.5 Å². The Bertz CT molecular complexity index is 465. The van der Waals surface area contributed by atoms with Crippen LogP contribution in [0.15, 0.2) is 22.6 Å². The van der Waals surface area contributed by atoms with E-state index in [2.05, 4.69) is 6.92 Å². The molecule has 0 radical (unpaired) electrons. The Hall–Kier alpha value is -0.990. The minimum absolute atomic E-state index is 0.0344. The fourth-order valence-corrected chi connectivity index (χ4v) is 2.08. The van der Waals surface area contributed by atoms with Gasteiger partial charge >= 0.3 is 0 Å². The molecule has 0 saturated heterocycles. The lowest BCUT2D eigenvalue weighted by Gasteiger charge is -2.05. The zero-order valence-corrected chi connectivity index (χ0v) is 10.3. The maximum absolute atomic E-state index is 6.12. The predicted octanol–water partition coefficient (Wildman–Crippen LogP) is 4.19. The van der Waals surface area contributed by atoms with Crippen molar-refractivity contribution >= 4 is 22.6 Å². The Morgan fingerprint density at radius 1 is 1.44 bits per heavy atom. The second-order valence-corrected chi connectivity index (χ2v) is 4.56. The van der Waals surface area contributed by atoms with Gasteiger partial charge in [0.05, 0.1) is 11.1 Å². The zero-order valence-electron chi connectivity index (χ0n) is 9.59. The molecule has 2 rings (SSSR count). The van der Waals surface area contributed by atoms with E-state index < -0.39 is 0 Å². The Morgan fingerprint density at radius 2 is 2.19 bits per heavy atom. The Kier molecular flexibility index (Phi) is 3.22. The number of aryl methyl sites for hydroxylation is 1. The Labute approximate surface area is 100 Å². The lowest BCUT2D eigenvalue weighted by molar-refractivity contribution is 0.474. The van der Waals surface area contributed by atoms with E-state index in [1.165, 1.54) is 0 Å². The van der Waals surface area contributed by atoms with Gasteiger partial charge in [-0.2, -0.15) is 0 Å². The van der Waals surface area contributed by atoms with Gasteiger partial charge in [-0.3, -0.25) is 0 Å². The van der Waals surface area contributed by atoms with Gasteiger partial charge in [0.2, 0.25) is 0 Å². The van der Waals surface area contributed by atoms with Crippen molar-refractivity contribution in [1.29, 1.82) is 0 Å². The minimum atomic E-state index is -0.0344. The van der Waals surface area contributed by atoms with Gasteiger partial charge in [-0.1, -0.05) is 31.0 Å². The fraction of sp³-hybridized carbons (Fsp3) is 0.385. The van der Waals surface area contributed by atoms with Gasteiger partial charge in [0.25, 0.3) is 0 Å². The van der Waals surface area contributed by atoms with Gasteiger partial charge in [-0.25, -0.2) is 0 Å². The number of hydrogen-bond acceptors (Lipinski definition) is 2. The molecule has 1 atom stereocenters. The summed E-state index contributed by atoms with van der Waals surface area (Å²) >= 11 is 6.12. The smallest absolute Gasteiger partial charge is 0.138 e. The Morgan fingerprint density at radius 3 is 2.81 bits per heavy atom. The van der Waals surface area contributed by atoms with Gasteiger partial charge in [0, 0.05) is 5.39 Å². The highest BCUT2D eigenvalue weighted by molar-refractivity contribution is 6.35. The second-order valence-electron chi connectivity index (χ2n) is 4.15. The van der Waals surface area contributed by atoms with Crippen LogP contribution in [0.1, 0.15) is 37.1 Å². The van der Waals surface area contributed by atoms with Crippen LogP contribution in [0.25, 0.3) is 11.0 Å². The molecule has 0 amide bonds. The summed E-state index contributed by atoms with van der Waals surface area (Å²) in [4.78, 5) is 0. The molecule has 16 heavy (non-hydrogen) atoms. The molecule has 0 saturated carbocycles. The van der Waals surface area contributed by atoms with Crippen LogP contribution in [0.2, 0.25) is 5.02 Å². The molecule has 2 aromatic rings. The van der Waals surface area contributed by atoms with Crippen LogP contribution in [-0.2, 0) is 0 Å². The molecule has 1 aromatic heterocycles. The fourth-order valence-electron chi connectivity index (χ4n) is 1.88. The molecule has 2 N–H and O–H groups in total. The molecule has 0 aliphatic carbocycles. The second kappa shape index (κ2) is 4.48. The van der Waals surface area contributed by atoms with E-state index in [0.29, 0.717) is 0 Å². The topological polar surface area (TPSA) is 39.2 Å². The van der Waals surface area contributed by atoms with Crippen LogP contribution in [0, 0.1) is 6.92 Å². The van der Waals surface area contributed by atoms with E-state index in [1.54, 1.807) is 0 Å². The lowest BCUT2D eigenvalue weighted by Crippen LogP contribution is -2.08. The first-order valence-electron chi connectivity index (χ1n) is 5.57. The number of fused-ring (bicyclic) bond motifs is 1. The maximum Gasteiger partial charge on any atom is 0.138 e. The molecule has 1 aromatic carbocycles. The van der Waals surface area contributed by atoms with Gasteiger partial charge in [0.15, 0.2) is 0 Å². The summed E-state index contributed by atoms with van der Waals surface area (Å²) in [7, 11) is 0. The van der Waals surface area contributed by atoms with Crippen molar-refractivity contribution in [1.82, 2.24) is 0 Å².